The van der Waals surface area contributed by atoms with E-state index in [9.17, 15) is 0 Å². The van der Waals surface area contributed by atoms with Crippen LogP contribution in [0.25, 0.3) is 0 Å². The molecule has 0 N–H and O–H groups in total. The smallest absolute Gasteiger partial charge is 0.0143 e. The van der Waals surface area contributed by atoms with Crippen LogP contribution in [-0.4, -0.2) is 0 Å². The summed E-state index contributed by atoms with van der Waals surface area (Å²) in [6, 6.07) is 0. The minimum Gasteiger partial charge on any atom is -0.0847 e. The molecule has 174 valence electrons. The van der Waals surface area contributed by atoms with Gasteiger partial charge in [-0.2, -0.15) is 0 Å². The highest BCUT2D eigenvalue weighted by molar-refractivity contribution is 5.30. The Labute approximate surface area is 194 Å². The molecule has 0 saturated heterocycles. The molecule has 4 aliphatic rings. The van der Waals surface area contributed by atoms with Crippen molar-refractivity contribution in [1.82, 2.24) is 0 Å². The van der Waals surface area contributed by atoms with Gasteiger partial charge in [0.15, 0.2) is 0 Å². The van der Waals surface area contributed by atoms with Crippen molar-refractivity contribution in [3.05, 3.63) is 34.9 Å². The second-order valence-electron chi connectivity index (χ2n) is 13.4. The lowest BCUT2D eigenvalue weighted by molar-refractivity contribution is 0.0920. The first-order valence-electron chi connectivity index (χ1n) is 13.8. The van der Waals surface area contributed by atoms with Gasteiger partial charge in [-0.15, -0.1) is 0 Å². The Kier molecular flexibility index (Phi) is 6.96. The molecule has 0 amide bonds. The molecule has 0 spiro atoms. The predicted octanol–water partition coefficient (Wildman–Crippen LogP) is 9.67. The van der Waals surface area contributed by atoms with Crippen molar-refractivity contribution in [2.75, 3.05) is 0 Å². The first-order valence-corrected chi connectivity index (χ1v) is 13.8. The van der Waals surface area contributed by atoms with Crippen LogP contribution in [0, 0.1) is 40.4 Å². The van der Waals surface area contributed by atoms with Crippen LogP contribution in [0.15, 0.2) is 34.9 Å². The van der Waals surface area contributed by atoms with Crippen LogP contribution in [0.3, 0.4) is 0 Å². The quantitative estimate of drug-likeness (QED) is 0.387. The fourth-order valence-corrected chi connectivity index (χ4v) is 8.25. The van der Waals surface area contributed by atoms with Crippen LogP contribution >= 0.6 is 0 Å². The van der Waals surface area contributed by atoms with E-state index in [1.807, 2.05) is 5.57 Å². The Morgan fingerprint density at radius 1 is 1.13 bits per heavy atom. The number of hydrogen-bond donors (Lipinski definition) is 0. The van der Waals surface area contributed by atoms with E-state index >= 15 is 0 Å². The van der Waals surface area contributed by atoms with E-state index in [0.717, 1.165) is 29.6 Å². The average Bonchev–Trinajstić information content (AvgIpc) is 3.29. The van der Waals surface area contributed by atoms with E-state index < -0.39 is 0 Å². The molecule has 0 aromatic carbocycles. The largest absolute Gasteiger partial charge is 0.0847 e. The highest BCUT2D eigenvalue weighted by Gasteiger charge is 2.50. The highest BCUT2D eigenvalue weighted by Crippen LogP contribution is 2.60. The topological polar surface area (TPSA) is 0 Å². The van der Waals surface area contributed by atoms with E-state index in [0.29, 0.717) is 10.8 Å². The lowest BCUT2D eigenvalue weighted by Crippen LogP contribution is -2.36. The fraction of sp³-hybridized carbons (Fsp3) is 0.806. The summed E-state index contributed by atoms with van der Waals surface area (Å²) in [4.78, 5) is 0. The van der Waals surface area contributed by atoms with E-state index in [2.05, 4.69) is 59.8 Å². The van der Waals surface area contributed by atoms with E-state index in [1.54, 1.807) is 11.1 Å². The van der Waals surface area contributed by atoms with Crippen molar-refractivity contribution in [2.45, 2.75) is 119 Å². The van der Waals surface area contributed by atoms with Gasteiger partial charge in [-0.1, -0.05) is 89.3 Å². The van der Waals surface area contributed by atoms with Crippen LogP contribution < -0.4 is 0 Å². The number of allylic oxidation sites excluding steroid dienone is 6. The molecule has 0 aliphatic heterocycles. The Balaban J connectivity index is 1.42. The van der Waals surface area contributed by atoms with Crippen LogP contribution in [-0.2, 0) is 0 Å². The molecular formula is C31H50. The summed E-state index contributed by atoms with van der Waals surface area (Å²) in [5.74, 6) is 4.34. The van der Waals surface area contributed by atoms with Crippen molar-refractivity contribution < 1.29 is 0 Å². The molecule has 6 atom stereocenters. The summed E-state index contributed by atoms with van der Waals surface area (Å²) < 4.78 is 0. The molecule has 0 nitrogen and oxygen atoms in total. The van der Waals surface area contributed by atoms with Gasteiger partial charge in [0.25, 0.3) is 0 Å². The Hall–Kier alpha value is -0.780. The SMILES string of the molecule is CC1C/C(=C\C=C2/CCC[C@@]3(C)C2CCC3[C@H](C)CCCC(C)(C)C)CC2CCC=C12. The normalized spacial score (nSPS) is 39.5. The predicted molar refractivity (Wildman–Crippen MR) is 136 cm³/mol. The fourth-order valence-electron chi connectivity index (χ4n) is 8.25. The Morgan fingerprint density at radius 3 is 2.71 bits per heavy atom. The van der Waals surface area contributed by atoms with Gasteiger partial charge in [0.2, 0.25) is 0 Å². The van der Waals surface area contributed by atoms with Crippen LogP contribution in [0.5, 0.6) is 0 Å². The first-order chi connectivity index (χ1) is 14.7. The lowest BCUT2D eigenvalue weighted by atomic mass is 9.60. The molecule has 4 rings (SSSR count). The maximum Gasteiger partial charge on any atom is -0.0143 e. The minimum atomic E-state index is 0.488. The lowest BCUT2D eigenvalue weighted by Gasteiger charge is -2.44. The third-order valence-electron chi connectivity index (χ3n) is 9.86. The molecule has 4 aliphatic carbocycles. The third-order valence-corrected chi connectivity index (χ3v) is 9.86. The van der Waals surface area contributed by atoms with Gasteiger partial charge >= 0.3 is 0 Å². The summed E-state index contributed by atoms with van der Waals surface area (Å²) in [6.07, 6.45) is 24.5. The molecule has 3 fully saturated rings. The molecule has 31 heavy (non-hydrogen) atoms. The van der Waals surface area contributed by atoms with Crippen molar-refractivity contribution in [3.8, 4) is 0 Å². The minimum absolute atomic E-state index is 0.488. The molecule has 0 radical (unpaired) electrons. The second-order valence-corrected chi connectivity index (χ2v) is 13.4. The maximum atomic E-state index is 2.67. The van der Waals surface area contributed by atoms with Gasteiger partial charge in [0.1, 0.15) is 0 Å². The number of hydrogen-bond acceptors (Lipinski definition) is 0. The Bertz CT molecular complexity index is 726. The molecule has 0 bridgehead atoms. The molecule has 0 heteroatoms. The van der Waals surface area contributed by atoms with Crippen molar-refractivity contribution in [1.29, 1.82) is 0 Å². The first kappa shape index (κ1) is 23.4. The van der Waals surface area contributed by atoms with Crippen molar-refractivity contribution >= 4 is 0 Å². The van der Waals surface area contributed by atoms with E-state index in [1.165, 1.54) is 77.0 Å². The zero-order chi connectivity index (χ0) is 22.2. The molecule has 0 aromatic rings. The van der Waals surface area contributed by atoms with Gasteiger partial charge in [-0.05, 0) is 105 Å². The monoisotopic (exact) mass is 422 g/mol. The summed E-state index contributed by atoms with van der Waals surface area (Å²) in [7, 11) is 0. The van der Waals surface area contributed by atoms with Gasteiger partial charge in [0, 0.05) is 0 Å². The van der Waals surface area contributed by atoms with Gasteiger partial charge in [0.05, 0.1) is 0 Å². The number of rotatable bonds is 5. The summed E-state index contributed by atoms with van der Waals surface area (Å²) in [5.41, 5.74) is 6.38. The van der Waals surface area contributed by atoms with Crippen LogP contribution in [0.1, 0.15) is 119 Å². The molecule has 3 saturated carbocycles. The third kappa shape index (κ3) is 5.09. The summed E-state index contributed by atoms with van der Waals surface area (Å²) >= 11 is 0. The molecule has 0 heterocycles. The summed E-state index contributed by atoms with van der Waals surface area (Å²) in [5, 5.41) is 0. The van der Waals surface area contributed by atoms with Gasteiger partial charge in [-0.25, -0.2) is 0 Å². The zero-order valence-electron chi connectivity index (χ0n) is 21.6. The highest BCUT2D eigenvalue weighted by atomic mass is 14.5. The maximum absolute atomic E-state index is 2.67. The van der Waals surface area contributed by atoms with Crippen molar-refractivity contribution in [3.63, 3.8) is 0 Å². The van der Waals surface area contributed by atoms with Crippen LogP contribution in [0.2, 0.25) is 0 Å². The molecule has 4 unspecified atom stereocenters. The summed E-state index contributed by atoms with van der Waals surface area (Å²) in [6.45, 7) is 14.9. The number of fused-ring (bicyclic) bond motifs is 2. The zero-order valence-corrected chi connectivity index (χ0v) is 21.6. The molecule has 0 aromatic heterocycles. The average molecular weight is 423 g/mol. The van der Waals surface area contributed by atoms with Crippen LogP contribution in [0.4, 0.5) is 0 Å². The Morgan fingerprint density at radius 2 is 1.94 bits per heavy atom. The van der Waals surface area contributed by atoms with Crippen molar-refractivity contribution in [2.24, 2.45) is 40.4 Å². The van der Waals surface area contributed by atoms with E-state index in [4.69, 9.17) is 0 Å². The molecular weight excluding hydrogens is 372 g/mol. The van der Waals surface area contributed by atoms with Gasteiger partial charge in [-0.3, -0.25) is 0 Å². The second kappa shape index (κ2) is 9.23. The van der Waals surface area contributed by atoms with E-state index in [-0.39, 0.29) is 0 Å². The standard InChI is InChI=1S/C31H50/c1-22(10-8-18-30(3,4)5)28-16-17-29-25(12-9-19-31(28,29)6)15-14-24-20-23(2)27-13-7-11-26(27)21-24/h13-15,22-23,26,28-29H,7-12,16-21H2,1-6H3/b24-14+,25-15+/t22-,23?,26?,28?,29?,31-/m1/s1. The van der Waals surface area contributed by atoms with Gasteiger partial charge < -0.3 is 0 Å².